The molecule has 1 N–H and O–H groups in total. The molecule has 31 heavy (non-hydrogen) atoms. The van der Waals surface area contributed by atoms with Crippen molar-refractivity contribution in [1.29, 1.82) is 0 Å². The molecular weight excluding hydrogens is 392 g/mol. The molecule has 160 valence electrons. The molecule has 4 rings (SSSR count). The average molecular weight is 418 g/mol. The Morgan fingerprint density at radius 2 is 1.71 bits per heavy atom. The smallest absolute Gasteiger partial charge is 0.295 e. The van der Waals surface area contributed by atoms with Gasteiger partial charge in [0.25, 0.3) is 5.56 Å². The van der Waals surface area contributed by atoms with Crippen LogP contribution in [0.15, 0.2) is 59.4 Å². The van der Waals surface area contributed by atoms with Crippen molar-refractivity contribution >= 4 is 17.5 Å². The number of para-hydroxylation sites is 1. The lowest BCUT2D eigenvalue weighted by Crippen LogP contribution is -2.29. The number of rotatable bonds is 5. The van der Waals surface area contributed by atoms with Gasteiger partial charge in [-0.05, 0) is 31.5 Å². The van der Waals surface area contributed by atoms with Crippen molar-refractivity contribution in [1.82, 2.24) is 14.3 Å². The van der Waals surface area contributed by atoms with Crippen molar-refractivity contribution in [2.24, 2.45) is 13.0 Å². The van der Waals surface area contributed by atoms with Crippen LogP contribution in [0.1, 0.15) is 23.2 Å². The molecule has 1 fully saturated rings. The second-order valence-corrected chi connectivity index (χ2v) is 8.09. The fraction of sp³-hybridized carbons (Fsp3) is 0.292. The van der Waals surface area contributed by atoms with Crippen LogP contribution >= 0.6 is 0 Å². The molecular formula is C24H26N4O3. The molecule has 3 aromatic rings. The van der Waals surface area contributed by atoms with Crippen LogP contribution in [-0.2, 0) is 23.2 Å². The van der Waals surface area contributed by atoms with Crippen LogP contribution in [0.25, 0.3) is 5.69 Å². The standard InChI is InChI=1S/C24H26N4O3/c1-16-9-11-18(12-10-16)14-27-15-19(13-21(27)29)23(30)25-22-17(2)26(3)28(24(22)31)20-7-5-4-6-8-20/h4-12,19H,13-15H2,1-3H3,(H,25,30)/t19-/m1/s1. The second kappa shape index (κ2) is 8.26. The quantitative estimate of drug-likeness (QED) is 0.692. The molecule has 1 aliphatic heterocycles. The summed E-state index contributed by atoms with van der Waals surface area (Å²) >= 11 is 0. The van der Waals surface area contributed by atoms with Gasteiger partial charge in [-0.15, -0.1) is 0 Å². The molecule has 0 saturated carbocycles. The van der Waals surface area contributed by atoms with Gasteiger partial charge in [-0.25, -0.2) is 4.68 Å². The highest BCUT2D eigenvalue weighted by atomic mass is 16.2. The number of nitrogens with one attached hydrogen (secondary N) is 1. The molecule has 2 heterocycles. The number of aromatic nitrogens is 2. The maximum atomic E-state index is 13.0. The Labute approximate surface area is 180 Å². The molecule has 1 aliphatic rings. The minimum absolute atomic E-state index is 0.0489. The first-order chi connectivity index (χ1) is 14.8. The van der Waals surface area contributed by atoms with Crippen LogP contribution in [0.2, 0.25) is 0 Å². The van der Waals surface area contributed by atoms with E-state index in [0.29, 0.717) is 18.8 Å². The predicted octanol–water partition coefficient (Wildman–Crippen LogP) is 2.78. The molecule has 1 aromatic heterocycles. The van der Waals surface area contributed by atoms with Crippen molar-refractivity contribution in [2.75, 3.05) is 11.9 Å². The molecule has 0 radical (unpaired) electrons. The molecule has 0 bridgehead atoms. The van der Waals surface area contributed by atoms with Crippen LogP contribution in [0, 0.1) is 19.8 Å². The zero-order valence-corrected chi connectivity index (χ0v) is 18.0. The number of nitrogens with zero attached hydrogens (tertiary/aromatic N) is 3. The highest BCUT2D eigenvalue weighted by Gasteiger charge is 2.35. The van der Waals surface area contributed by atoms with E-state index in [0.717, 1.165) is 16.8 Å². The first kappa shape index (κ1) is 20.7. The number of likely N-dealkylation sites (tertiary alicyclic amines) is 1. The molecule has 0 spiro atoms. The first-order valence-corrected chi connectivity index (χ1v) is 10.3. The van der Waals surface area contributed by atoms with Crippen LogP contribution in [0.5, 0.6) is 0 Å². The van der Waals surface area contributed by atoms with Gasteiger partial charge in [-0.2, -0.15) is 0 Å². The van der Waals surface area contributed by atoms with Crippen molar-refractivity contribution in [3.05, 3.63) is 81.8 Å². The van der Waals surface area contributed by atoms with Crippen molar-refractivity contribution in [3.8, 4) is 5.69 Å². The van der Waals surface area contributed by atoms with E-state index in [-0.39, 0.29) is 29.5 Å². The van der Waals surface area contributed by atoms with Gasteiger partial charge in [-0.3, -0.25) is 19.1 Å². The number of carbonyl (C=O) groups is 2. The summed E-state index contributed by atoms with van der Waals surface area (Å²) in [5.41, 5.74) is 3.53. The first-order valence-electron chi connectivity index (χ1n) is 10.3. The molecule has 2 amide bonds. The Morgan fingerprint density at radius 1 is 1.03 bits per heavy atom. The monoisotopic (exact) mass is 418 g/mol. The van der Waals surface area contributed by atoms with Gasteiger partial charge in [0.1, 0.15) is 5.69 Å². The summed E-state index contributed by atoms with van der Waals surface area (Å²) in [4.78, 5) is 40.1. The molecule has 1 atom stereocenters. The minimum Gasteiger partial charge on any atom is -0.338 e. The fourth-order valence-electron chi connectivity index (χ4n) is 3.95. The zero-order valence-electron chi connectivity index (χ0n) is 18.0. The van der Waals surface area contributed by atoms with Gasteiger partial charge in [0.2, 0.25) is 11.8 Å². The minimum atomic E-state index is -0.484. The number of benzene rings is 2. The third kappa shape index (κ3) is 4.03. The van der Waals surface area contributed by atoms with Crippen molar-refractivity contribution in [3.63, 3.8) is 0 Å². The topological polar surface area (TPSA) is 76.3 Å². The number of amides is 2. The Morgan fingerprint density at radius 3 is 2.39 bits per heavy atom. The second-order valence-electron chi connectivity index (χ2n) is 8.09. The van der Waals surface area contributed by atoms with E-state index in [9.17, 15) is 14.4 Å². The fourth-order valence-corrected chi connectivity index (χ4v) is 3.95. The maximum absolute atomic E-state index is 13.0. The highest BCUT2D eigenvalue weighted by Crippen LogP contribution is 2.23. The van der Waals surface area contributed by atoms with Crippen LogP contribution in [-0.4, -0.2) is 32.6 Å². The normalized spacial score (nSPS) is 16.0. The van der Waals surface area contributed by atoms with Gasteiger partial charge in [0, 0.05) is 26.6 Å². The van der Waals surface area contributed by atoms with Gasteiger partial charge in [0.15, 0.2) is 0 Å². The maximum Gasteiger partial charge on any atom is 0.295 e. The average Bonchev–Trinajstić information content (AvgIpc) is 3.23. The number of hydrogen-bond acceptors (Lipinski definition) is 3. The van der Waals surface area contributed by atoms with E-state index < -0.39 is 5.92 Å². The third-order valence-corrected chi connectivity index (χ3v) is 5.88. The van der Waals surface area contributed by atoms with Gasteiger partial charge in [-0.1, -0.05) is 48.0 Å². The number of carbonyl (C=O) groups excluding carboxylic acids is 2. The summed E-state index contributed by atoms with van der Waals surface area (Å²) in [6.45, 7) is 4.63. The lowest BCUT2D eigenvalue weighted by Gasteiger charge is -2.16. The van der Waals surface area contributed by atoms with Crippen LogP contribution in [0.3, 0.4) is 0 Å². The van der Waals surface area contributed by atoms with Crippen LogP contribution < -0.4 is 10.9 Å². The van der Waals surface area contributed by atoms with E-state index >= 15 is 0 Å². The molecule has 0 unspecified atom stereocenters. The van der Waals surface area contributed by atoms with Crippen molar-refractivity contribution in [2.45, 2.75) is 26.8 Å². The van der Waals surface area contributed by atoms with E-state index in [2.05, 4.69) is 5.32 Å². The van der Waals surface area contributed by atoms with E-state index in [4.69, 9.17) is 0 Å². The van der Waals surface area contributed by atoms with Crippen molar-refractivity contribution < 1.29 is 9.59 Å². The summed E-state index contributed by atoms with van der Waals surface area (Å²) < 4.78 is 3.24. The predicted molar refractivity (Wildman–Crippen MR) is 119 cm³/mol. The van der Waals surface area contributed by atoms with E-state index in [1.807, 2.05) is 61.5 Å². The molecule has 0 aliphatic carbocycles. The van der Waals surface area contributed by atoms with Gasteiger partial charge < -0.3 is 10.2 Å². The molecule has 1 saturated heterocycles. The van der Waals surface area contributed by atoms with E-state index in [1.165, 1.54) is 4.68 Å². The number of hydrogen-bond donors (Lipinski definition) is 1. The Bertz CT molecular complexity index is 1180. The summed E-state index contributed by atoms with van der Waals surface area (Å²) in [7, 11) is 1.78. The lowest BCUT2D eigenvalue weighted by atomic mass is 10.1. The Hall–Kier alpha value is -3.61. The SMILES string of the molecule is Cc1ccc(CN2C[C@H](C(=O)Nc3c(C)n(C)n(-c4ccccc4)c3=O)CC2=O)cc1. The highest BCUT2D eigenvalue weighted by molar-refractivity contribution is 5.97. The summed E-state index contributed by atoms with van der Waals surface area (Å²) in [6, 6.07) is 17.3. The zero-order chi connectivity index (χ0) is 22.1. The Balaban J connectivity index is 1.49. The van der Waals surface area contributed by atoms with Gasteiger partial charge >= 0.3 is 0 Å². The Kier molecular flexibility index (Phi) is 5.50. The summed E-state index contributed by atoms with van der Waals surface area (Å²) in [5, 5.41) is 2.79. The number of anilines is 1. The lowest BCUT2D eigenvalue weighted by molar-refractivity contribution is -0.128. The molecule has 2 aromatic carbocycles. The number of aryl methyl sites for hydroxylation is 1. The van der Waals surface area contributed by atoms with Gasteiger partial charge in [0.05, 0.1) is 17.3 Å². The third-order valence-electron chi connectivity index (χ3n) is 5.88. The van der Waals surface area contributed by atoms with Crippen LogP contribution in [0.4, 0.5) is 5.69 Å². The molecule has 7 heteroatoms. The summed E-state index contributed by atoms with van der Waals surface area (Å²) in [6.07, 6.45) is 0.149. The molecule has 7 nitrogen and oxygen atoms in total. The largest absolute Gasteiger partial charge is 0.338 e. The summed E-state index contributed by atoms with van der Waals surface area (Å²) in [5.74, 6) is -0.833. The van der Waals surface area contributed by atoms with E-state index in [1.54, 1.807) is 23.6 Å².